The molecule has 4 aromatic rings. The van der Waals surface area contributed by atoms with E-state index >= 15 is 0 Å². The molecular weight excluding hydrogens is 394 g/mol. The minimum atomic E-state index is -1.08. The predicted octanol–water partition coefficient (Wildman–Crippen LogP) is 4.55. The van der Waals surface area contributed by atoms with E-state index in [0.29, 0.717) is 33.6 Å². The van der Waals surface area contributed by atoms with Gasteiger partial charge < -0.3 is 14.5 Å². The summed E-state index contributed by atoms with van der Waals surface area (Å²) in [5.74, 6) is -0.693. The number of ether oxygens (including phenoxy) is 1. The van der Waals surface area contributed by atoms with Crippen molar-refractivity contribution in [3.05, 3.63) is 84.1 Å². The van der Waals surface area contributed by atoms with E-state index in [1.54, 1.807) is 60.7 Å². The first-order valence-corrected chi connectivity index (χ1v) is 9.51. The van der Waals surface area contributed by atoms with Crippen molar-refractivity contribution >= 4 is 28.5 Å². The third-order valence-electron chi connectivity index (χ3n) is 4.67. The van der Waals surface area contributed by atoms with Crippen molar-refractivity contribution in [1.29, 1.82) is 5.26 Å². The first kappa shape index (κ1) is 19.9. The van der Waals surface area contributed by atoms with E-state index in [2.05, 4.69) is 10.3 Å². The van der Waals surface area contributed by atoms with E-state index in [-0.39, 0.29) is 5.56 Å². The Bertz CT molecular complexity index is 1310. The largest absolute Gasteiger partial charge is 0.463 e. The van der Waals surface area contributed by atoms with Gasteiger partial charge in [-0.2, -0.15) is 5.26 Å². The molecule has 0 aliphatic rings. The van der Waals surface area contributed by atoms with Crippen LogP contribution in [-0.2, 0) is 9.53 Å². The summed E-state index contributed by atoms with van der Waals surface area (Å²) in [4.78, 5) is 30.0. The zero-order chi connectivity index (χ0) is 21.8. The summed E-state index contributed by atoms with van der Waals surface area (Å²) in [6, 6.07) is 20.8. The molecule has 0 unspecified atom stereocenters. The Labute approximate surface area is 177 Å². The summed E-state index contributed by atoms with van der Waals surface area (Å²) in [5, 5.41) is 12.4. The van der Waals surface area contributed by atoms with Crippen molar-refractivity contribution in [2.45, 2.75) is 13.0 Å². The monoisotopic (exact) mass is 411 g/mol. The lowest BCUT2D eigenvalue weighted by Gasteiger charge is -2.15. The number of pyridine rings is 1. The van der Waals surface area contributed by atoms with Gasteiger partial charge in [-0.15, -0.1) is 0 Å². The van der Waals surface area contributed by atoms with Gasteiger partial charge in [-0.1, -0.05) is 30.3 Å². The SMILES string of the molecule is C[C@H](OC(=O)c1cc(-c2ccco2)nc2ccccc12)C(=O)Nc1ccccc1C#N. The zero-order valence-electron chi connectivity index (χ0n) is 16.5. The van der Waals surface area contributed by atoms with Crippen LogP contribution in [0.1, 0.15) is 22.8 Å². The molecule has 7 heteroatoms. The second-order valence-electron chi connectivity index (χ2n) is 6.74. The number of benzene rings is 2. The highest BCUT2D eigenvalue weighted by Gasteiger charge is 2.22. The van der Waals surface area contributed by atoms with Crippen LogP contribution in [0.5, 0.6) is 0 Å². The minimum Gasteiger partial charge on any atom is -0.463 e. The summed E-state index contributed by atoms with van der Waals surface area (Å²) in [7, 11) is 0. The molecule has 0 saturated carbocycles. The fourth-order valence-electron chi connectivity index (χ4n) is 3.10. The molecular formula is C24H17N3O4. The number of furan rings is 1. The van der Waals surface area contributed by atoms with Crippen molar-refractivity contribution in [2.24, 2.45) is 0 Å². The zero-order valence-corrected chi connectivity index (χ0v) is 16.5. The number of hydrogen-bond donors (Lipinski definition) is 1. The molecule has 0 radical (unpaired) electrons. The quantitative estimate of drug-likeness (QED) is 0.483. The molecule has 0 fully saturated rings. The van der Waals surface area contributed by atoms with E-state index in [4.69, 9.17) is 14.4 Å². The topological polar surface area (TPSA) is 105 Å². The molecule has 0 aliphatic heterocycles. The highest BCUT2D eigenvalue weighted by Crippen LogP contribution is 2.26. The maximum Gasteiger partial charge on any atom is 0.339 e. The van der Waals surface area contributed by atoms with Crippen LogP contribution in [0.25, 0.3) is 22.4 Å². The lowest BCUT2D eigenvalue weighted by atomic mass is 10.1. The van der Waals surface area contributed by atoms with Gasteiger partial charge in [-0.05, 0) is 43.3 Å². The van der Waals surface area contributed by atoms with Crippen LogP contribution in [0.3, 0.4) is 0 Å². The number of nitriles is 1. The second kappa shape index (κ2) is 8.51. The molecule has 0 bridgehead atoms. The number of fused-ring (bicyclic) bond motifs is 1. The first-order valence-electron chi connectivity index (χ1n) is 9.51. The van der Waals surface area contributed by atoms with Crippen LogP contribution in [0.15, 0.2) is 77.4 Å². The number of rotatable bonds is 5. The van der Waals surface area contributed by atoms with E-state index in [9.17, 15) is 9.59 Å². The summed E-state index contributed by atoms with van der Waals surface area (Å²) >= 11 is 0. The smallest absolute Gasteiger partial charge is 0.339 e. The van der Waals surface area contributed by atoms with Crippen LogP contribution in [0.4, 0.5) is 5.69 Å². The van der Waals surface area contributed by atoms with Crippen molar-refractivity contribution in [1.82, 2.24) is 4.98 Å². The Morgan fingerprint density at radius 2 is 1.87 bits per heavy atom. The number of esters is 1. The van der Waals surface area contributed by atoms with Gasteiger partial charge in [0.15, 0.2) is 11.9 Å². The highest BCUT2D eigenvalue weighted by molar-refractivity contribution is 6.06. The lowest BCUT2D eigenvalue weighted by molar-refractivity contribution is -0.123. The molecule has 2 aromatic carbocycles. The molecule has 31 heavy (non-hydrogen) atoms. The Morgan fingerprint density at radius 1 is 1.10 bits per heavy atom. The fourth-order valence-corrected chi connectivity index (χ4v) is 3.10. The highest BCUT2D eigenvalue weighted by atomic mass is 16.5. The van der Waals surface area contributed by atoms with E-state index in [1.165, 1.54) is 13.2 Å². The minimum absolute atomic E-state index is 0.272. The van der Waals surface area contributed by atoms with Gasteiger partial charge in [-0.3, -0.25) is 4.79 Å². The van der Waals surface area contributed by atoms with Crippen LogP contribution in [0, 0.1) is 11.3 Å². The standard InChI is InChI=1S/C24H17N3O4/c1-15(23(28)27-19-9-4-2-7-16(19)14-25)31-24(29)18-13-21(22-11-6-12-30-22)26-20-10-5-3-8-17(18)20/h2-13,15H,1H3,(H,27,28)/t15-/m0/s1. The van der Waals surface area contributed by atoms with Gasteiger partial charge in [0.25, 0.3) is 5.91 Å². The average Bonchev–Trinajstić information content (AvgIpc) is 3.33. The average molecular weight is 411 g/mol. The molecule has 0 spiro atoms. The Kier molecular flexibility index (Phi) is 5.45. The first-order chi connectivity index (χ1) is 15.1. The molecule has 2 heterocycles. The third kappa shape index (κ3) is 4.14. The van der Waals surface area contributed by atoms with E-state index in [1.807, 2.05) is 12.1 Å². The van der Waals surface area contributed by atoms with Gasteiger partial charge in [0.2, 0.25) is 0 Å². The second-order valence-corrected chi connectivity index (χ2v) is 6.74. The Balaban J connectivity index is 1.59. The maximum absolute atomic E-state index is 13.0. The van der Waals surface area contributed by atoms with Gasteiger partial charge in [0, 0.05) is 5.39 Å². The van der Waals surface area contributed by atoms with Gasteiger partial charge >= 0.3 is 5.97 Å². The molecule has 4 rings (SSSR count). The van der Waals surface area contributed by atoms with Crippen molar-refractivity contribution in [2.75, 3.05) is 5.32 Å². The Hall–Kier alpha value is -4.44. The number of carbonyl (C=O) groups is 2. The molecule has 0 aliphatic carbocycles. The van der Waals surface area contributed by atoms with Crippen molar-refractivity contribution in [3.8, 4) is 17.5 Å². The number of carbonyl (C=O) groups excluding carboxylic acids is 2. The molecule has 1 N–H and O–H groups in total. The molecule has 152 valence electrons. The van der Waals surface area contributed by atoms with Crippen molar-refractivity contribution in [3.63, 3.8) is 0 Å². The van der Waals surface area contributed by atoms with Gasteiger partial charge in [0.05, 0.1) is 28.6 Å². The number of hydrogen-bond acceptors (Lipinski definition) is 6. The van der Waals surface area contributed by atoms with Crippen LogP contribution in [-0.4, -0.2) is 23.0 Å². The van der Waals surface area contributed by atoms with Crippen LogP contribution >= 0.6 is 0 Å². The molecule has 7 nitrogen and oxygen atoms in total. The summed E-state index contributed by atoms with van der Waals surface area (Å²) < 4.78 is 10.8. The number of aromatic nitrogens is 1. The summed E-state index contributed by atoms with van der Waals surface area (Å²) in [6.45, 7) is 1.47. The van der Waals surface area contributed by atoms with E-state index in [0.717, 1.165) is 0 Å². The number of anilines is 1. The fraction of sp³-hybridized carbons (Fsp3) is 0.0833. The summed E-state index contributed by atoms with van der Waals surface area (Å²) in [5.41, 5.74) is 2.03. The third-order valence-corrected chi connectivity index (χ3v) is 4.67. The number of amides is 1. The van der Waals surface area contributed by atoms with Crippen molar-refractivity contribution < 1.29 is 18.7 Å². The lowest BCUT2D eigenvalue weighted by Crippen LogP contribution is -2.30. The maximum atomic E-state index is 13.0. The van der Waals surface area contributed by atoms with E-state index < -0.39 is 18.0 Å². The van der Waals surface area contributed by atoms with Gasteiger partial charge in [-0.25, -0.2) is 9.78 Å². The number of para-hydroxylation sites is 2. The summed E-state index contributed by atoms with van der Waals surface area (Å²) in [6.07, 6.45) is 0.439. The van der Waals surface area contributed by atoms with Crippen LogP contribution in [0.2, 0.25) is 0 Å². The molecule has 2 aromatic heterocycles. The van der Waals surface area contributed by atoms with Gasteiger partial charge in [0.1, 0.15) is 11.8 Å². The molecule has 1 atom stereocenters. The number of nitrogens with zero attached hydrogens (tertiary/aromatic N) is 2. The predicted molar refractivity (Wildman–Crippen MR) is 114 cm³/mol. The number of nitrogens with one attached hydrogen (secondary N) is 1. The normalized spacial score (nSPS) is 11.5. The molecule has 0 saturated heterocycles. The van der Waals surface area contributed by atoms with Crippen LogP contribution < -0.4 is 5.32 Å². The Morgan fingerprint density at radius 3 is 2.65 bits per heavy atom. The molecule has 1 amide bonds.